The fraction of sp³-hybridized carbons (Fsp3) is 0.833. The Kier molecular flexibility index (Phi) is 5.57. The maximum absolute atomic E-state index is 11.3. The van der Waals surface area contributed by atoms with Crippen molar-refractivity contribution in [2.75, 3.05) is 13.2 Å². The highest BCUT2D eigenvalue weighted by Gasteiger charge is 2.46. The molecule has 0 spiro atoms. The predicted octanol–water partition coefficient (Wildman–Crippen LogP) is -4.26. The normalized spacial score (nSPS) is 19.4. The second-order valence-electron chi connectivity index (χ2n) is 3.11. The highest BCUT2D eigenvalue weighted by molar-refractivity contribution is 7.81. The minimum atomic E-state index is -5.25. The lowest BCUT2D eigenvalue weighted by Gasteiger charge is -2.26. The van der Waals surface area contributed by atoms with Gasteiger partial charge in [-0.05, 0) is 0 Å². The summed E-state index contributed by atoms with van der Waals surface area (Å²) in [5.74, 6) is -5.10. The molecule has 102 valence electrons. The first-order valence-electron chi connectivity index (χ1n) is 4.17. The summed E-state index contributed by atoms with van der Waals surface area (Å²) in [5, 5.41) is 35.6. The summed E-state index contributed by atoms with van der Waals surface area (Å²) in [5.41, 5.74) is 5.05. The Morgan fingerprint density at radius 1 is 1.41 bits per heavy atom. The number of hydrogen-bond donors (Lipinski definition) is 6. The van der Waals surface area contributed by atoms with Crippen LogP contribution >= 0.6 is 0 Å². The first-order valence-corrected chi connectivity index (χ1v) is 5.54. The van der Waals surface area contributed by atoms with Gasteiger partial charge in [0.2, 0.25) is 5.78 Å². The van der Waals surface area contributed by atoms with Crippen LogP contribution < -0.4 is 5.73 Å². The molecule has 0 radical (unpaired) electrons. The van der Waals surface area contributed by atoms with E-state index in [2.05, 4.69) is 4.18 Å². The summed E-state index contributed by atoms with van der Waals surface area (Å²) in [7, 11) is -5.25. The van der Waals surface area contributed by atoms with E-state index in [1.807, 2.05) is 0 Å². The van der Waals surface area contributed by atoms with E-state index in [0.29, 0.717) is 0 Å². The van der Waals surface area contributed by atoms with Gasteiger partial charge in [0.1, 0.15) is 12.7 Å². The van der Waals surface area contributed by atoms with Crippen LogP contribution in [0.15, 0.2) is 0 Å². The third kappa shape index (κ3) is 4.61. The van der Waals surface area contributed by atoms with Crippen LogP contribution in [0.5, 0.6) is 0 Å². The fourth-order valence-corrected chi connectivity index (χ4v) is 1.33. The molecular weight excluding hydrogens is 262 g/mol. The molecule has 0 aromatic heterocycles. The number of Topliss-reactive ketones (excluding diaryl/α,β-unsaturated/α-hetero) is 1. The monoisotopic (exact) mass is 275 g/mol. The zero-order chi connectivity index (χ0) is 13.9. The molecule has 0 aliphatic heterocycles. The zero-order valence-corrected chi connectivity index (χ0v) is 9.24. The Morgan fingerprint density at radius 2 is 1.88 bits per heavy atom. The Morgan fingerprint density at radius 3 is 2.18 bits per heavy atom. The molecule has 0 aliphatic carbocycles. The maximum Gasteiger partial charge on any atom is 0.400 e. The summed E-state index contributed by atoms with van der Waals surface area (Å²) < 4.78 is 32.5. The van der Waals surface area contributed by atoms with Gasteiger partial charge in [-0.1, -0.05) is 0 Å². The summed E-state index contributed by atoms with van der Waals surface area (Å²) in [4.78, 5) is 11.3. The lowest BCUT2D eigenvalue weighted by Crippen LogP contribution is -2.56. The molecule has 0 rings (SSSR count). The molecule has 0 amide bonds. The number of aliphatic hydroxyl groups is 4. The van der Waals surface area contributed by atoms with E-state index in [9.17, 15) is 23.4 Å². The summed E-state index contributed by atoms with van der Waals surface area (Å²) >= 11 is 0. The first kappa shape index (κ1) is 16.3. The lowest BCUT2D eigenvalue weighted by molar-refractivity contribution is -0.193. The SMILES string of the molecule is N[C@H](CO)[C@@H](O)C(=O)[C@](O)(CO)OS(=O)(=O)O. The molecule has 0 bridgehead atoms. The van der Waals surface area contributed by atoms with Gasteiger partial charge in [0.05, 0.1) is 12.6 Å². The van der Waals surface area contributed by atoms with E-state index in [0.717, 1.165) is 0 Å². The van der Waals surface area contributed by atoms with Gasteiger partial charge in [-0.15, -0.1) is 0 Å². The van der Waals surface area contributed by atoms with Crippen molar-refractivity contribution in [1.29, 1.82) is 0 Å². The second-order valence-corrected chi connectivity index (χ2v) is 4.13. The summed E-state index contributed by atoms with van der Waals surface area (Å²) in [6.45, 7) is -2.40. The van der Waals surface area contributed by atoms with Gasteiger partial charge in [0.15, 0.2) is 0 Å². The van der Waals surface area contributed by atoms with Crippen LogP contribution in [0.3, 0.4) is 0 Å². The van der Waals surface area contributed by atoms with Gasteiger partial charge in [-0.3, -0.25) is 9.35 Å². The largest absolute Gasteiger partial charge is 0.400 e. The Bertz CT molecular complexity index is 368. The highest BCUT2D eigenvalue weighted by atomic mass is 32.3. The number of hydrogen-bond acceptors (Lipinski definition) is 9. The van der Waals surface area contributed by atoms with Gasteiger partial charge < -0.3 is 26.2 Å². The highest BCUT2D eigenvalue weighted by Crippen LogP contribution is 2.14. The van der Waals surface area contributed by atoms with Crippen molar-refractivity contribution in [3.8, 4) is 0 Å². The second kappa shape index (κ2) is 5.79. The van der Waals surface area contributed by atoms with Crippen molar-refractivity contribution in [3.63, 3.8) is 0 Å². The average molecular weight is 275 g/mol. The quantitative estimate of drug-likeness (QED) is 0.196. The van der Waals surface area contributed by atoms with Crippen molar-refractivity contribution in [3.05, 3.63) is 0 Å². The molecule has 0 aliphatic rings. The van der Waals surface area contributed by atoms with Crippen molar-refractivity contribution < 1.29 is 42.4 Å². The molecule has 10 nitrogen and oxygen atoms in total. The van der Waals surface area contributed by atoms with E-state index in [-0.39, 0.29) is 0 Å². The number of ketones is 1. The first-order chi connectivity index (χ1) is 7.57. The van der Waals surface area contributed by atoms with E-state index in [1.165, 1.54) is 0 Å². The predicted molar refractivity (Wildman–Crippen MR) is 50.7 cm³/mol. The third-order valence-electron chi connectivity index (χ3n) is 1.73. The number of carbonyl (C=O) groups excluding carboxylic acids is 1. The van der Waals surface area contributed by atoms with Crippen LogP contribution in [0, 0.1) is 0 Å². The van der Waals surface area contributed by atoms with Crippen LogP contribution in [0.1, 0.15) is 0 Å². The molecule has 7 N–H and O–H groups in total. The average Bonchev–Trinajstić information content (AvgIpc) is 2.23. The Labute approximate surface area is 96.2 Å². The van der Waals surface area contributed by atoms with Crippen molar-refractivity contribution in [2.45, 2.75) is 17.9 Å². The molecule has 11 heteroatoms. The zero-order valence-electron chi connectivity index (χ0n) is 8.42. The minimum absolute atomic E-state index is 0.847. The smallest absolute Gasteiger partial charge is 0.395 e. The van der Waals surface area contributed by atoms with Crippen LogP contribution in [-0.2, 0) is 19.4 Å². The molecule has 0 heterocycles. The van der Waals surface area contributed by atoms with E-state index < -0.39 is 47.3 Å². The van der Waals surface area contributed by atoms with Gasteiger partial charge >= 0.3 is 10.4 Å². The summed E-state index contributed by atoms with van der Waals surface area (Å²) in [6, 6.07) is -1.52. The van der Waals surface area contributed by atoms with Gasteiger partial charge in [-0.2, -0.15) is 8.42 Å². The molecule has 0 saturated heterocycles. The standard InChI is InChI=1S/C6H13NO9S/c7-3(1-8)4(10)5(11)6(12,2-9)16-17(13,14)15/h3-4,8-10,12H,1-2,7H2,(H,13,14,15)/t3-,4-,6+/m1/s1. The molecule has 0 aromatic rings. The molecule has 0 fully saturated rings. The van der Waals surface area contributed by atoms with Crippen molar-refractivity contribution >= 4 is 16.2 Å². The number of nitrogens with two attached hydrogens (primary N) is 1. The fourth-order valence-electron chi connectivity index (χ4n) is 0.845. The van der Waals surface area contributed by atoms with Gasteiger partial charge in [0, 0.05) is 0 Å². The number of rotatable bonds is 7. The molecule has 0 aromatic carbocycles. The Hall–Kier alpha value is -0.660. The molecule has 0 saturated carbocycles. The minimum Gasteiger partial charge on any atom is -0.395 e. The molecular formula is C6H13NO9S. The summed E-state index contributed by atoms with van der Waals surface area (Å²) in [6.07, 6.45) is -2.20. The Balaban J connectivity index is 5.05. The van der Waals surface area contributed by atoms with Gasteiger partial charge in [0.25, 0.3) is 5.79 Å². The topological polar surface area (TPSA) is 188 Å². The third-order valence-corrected chi connectivity index (χ3v) is 2.21. The van der Waals surface area contributed by atoms with Crippen LogP contribution in [0.25, 0.3) is 0 Å². The molecule has 3 atom stereocenters. The van der Waals surface area contributed by atoms with Crippen LogP contribution in [0.4, 0.5) is 0 Å². The van der Waals surface area contributed by atoms with E-state index in [1.54, 1.807) is 0 Å². The number of aliphatic hydroxyl groups excluding tert-OH is 3. The van der Waals surface area contributed by atoms with E-state index in [4.69, 9.17) is 20.5 Å². The van der Waals surface area contributed by atoms with Crippen molar-refractivity contribution in [2.24, 2.45) is 5.73 Å². The lowest BCUT2D eigenvalue weighted by atomic mass is 10.0. The van der Waals surface area contributed by atoms with Crippen LogP contribution in [-0.4, -0.2) is 70.3 Å². The molecule has 17 heavy (non-hydrogen) atoms. The van der Waals surface area contributed by atoms with Crippen molar-refractivity contribution in [1.82, 2.24) is 0 Å². The molecule has 0 unspecified atom stereocenters. The maximum atomic E-state index is 11.3. The van der Waals surface area contributed by atoms with Crippen LogP contribution in [0.2, 0.25) is 0 Å². The number of carbonyl (C=O) groups is 1. The van der Waals surface area contributed by atoms with Gasteiger partial charge in [-0.25, -0.2) is 4.18 Å². The van der Waals surface area contributed by atoms with E-state index >= 15 is 0 Å².